The van der Waals surface area contributed by atoms with Crippen LogP contribution in [0.2, 0.25) is 0 Å². The molecule has 0 aliphatic heterocycles. The van der Waals surface area contributed by atoms with Gasteiger partial charge in [0.15, 0.2) is 5.78 Å². The number of aliphatic carboxylic acids is 1. The Hall–Kier alpha value is -0.860. The molecule has 3 heteroatoms. The second-order valence-electron chi connectivity index (χ2n) is 7.25. The van der Waals surface area contributed by atoms with Gasteiger partial charge < -0.3 is 5.11 Å². The lowest BCUT2D eigenvalue weighted by molar-refractivity contribution is -0.159. The van der Waals surface area contributed by atoms with Crippen molar-refractivity contribution in [2.75, 3.05) is 0 Å². The van der Waals surface area contributed by atoms with Crippen LogP contribution in [0.15, 0.2) is 0 Å². The van der Waals surface area contributed by atoms with Gasteiger partial charge in [0.2, 0.25) is 0 Å². The number of carbonyl (C=O) groups is 2. The summed E-state index contributed by atoms with van der Waals surface area (Å²) in [6.07, 6.45) is 6.02. The number of carboxylic acid groups (broad SMARTS) is 1. The molecule has 0 saturated heterocycles. The summed E-state index contributed by atoms with van der Waals surface area (Å²) >= 11 is 0. The number of hydrogen-bond donors (Lipinski definition) is 1. The number of carbonyl (C=O) groups excluding carboxylic acids is 1. The molecule has 0 aromatic rings. The highest BCUT2D eigenvalue weighted by Crippen LogP contribution is 2.57. The van der Waals surface area contributed by atoms with Gasteiger partial charge in [0.1, 0.15) is 5.41 Å². The van der Waals surface area contributed by atoms with E-state index >= 15 is 0 Å². The molecule has 0 heterocycles. The predicted molar refractivity (Wildman–Crippen MR) is 67.0 cm³/mol. The van der Waals surface area contributed by atoms with Gasteiger partial charge in [-0.25, -0.2) is 0 Å². The molecule has 4 rings (SSSR count). The molecule has 4 saturated carbocycles. The minimum absolute atomic E-state index is 0.0104. The van der Waals surface area contributed by atoms with Crippen molar-refractivity contribution in [2.45, 2.75) is 46.0 Å². The summed E-state index contributed by atoms with van der Waals surface area (Å²) in [6.45, 7) is 3.14. The molecule has 4 fully saturated rings. The van der Waals surface area contributed by atoms with Crippen molar-refractivity contribution in [1.82, 2.24) is 0 Å². The molecule has 0 atom stereocenters. The Balaban J connectivity index is 1.85. The van der Waals surface area contributed by atoms with Gasteiger partial charge in [-0.05, 0) is 69.6 Å². The third-order valence-corrected chi connectivity index (χ3v) is 5.68. The Morgan fingerprint density at radius 3 is 1.78 bits per heavy atom. The maximum atomic E-state index is 12.6. The Morgan fingerprint density at radius 1 is 0.944 bits per heavy atom. The van der Waals surface area contributed by atoms with Gasteiger partial charge in [0, 0.05) is 5.92 Å². The SMILES string of the molecule is CC(C)(C(=O)O)C(=O)C1C2CC3CC(C2)CC1C3. The van der Waals surface area contributed by atoms with Crippen molar-refractivity contribution < 1.29 is 14.7 Å². The Labute approximate surface area is 108 Å². The van der Waals surface area contributed by atoms with Gasteiger partial charge in [-0.2, -0.15) is 0 Å². The van der Waals surface area contributed by atoms with Crippen LogP contribution in [-0.4, -0.2) is 16.9 Å². The zero-order valence-corrected chi connectivity index (χ0v) is 11.2. The van der Waals surface area contributed by atoms with Gasteiger partial charge in [0.25, 0.3) is 0 Å². The first-order valence-electron chi connectivity index (χ1n) is 7.17. The summed E-state index contributed by atoms with van der Waals surface area (Å²) in [5.74, 6) is 1.66. The fourth-order valence-corrected chi connectivity index (χ4v) is 4.88. The largest absolute Gasteiger partial charge is 0.481 e. The highest BCUT2D eigenvalue weighted by atomic mass is 16.4. The first kappa shape index (κ1) is 12.2. The highest BCUT2D eigenvalue weighted by molar-refractivity contribution is 6.03. The smallest absolute Gasteiger partial charge is 0.316 e. The van der Waals surface area contributed by atoms with E-state index in [1.54, 1.807) is 13.8 Å². The molecule has 3 nitrogen and oxygen atoms in total. The van der Waals surface area contributed by atoms with Crippen LogP contribution in [0.1, 0.15) is 46.0 Å². The Morgan fingerprint density at radius 2 is 1.39 bits per heavy atom. The van der Waals surface area contributed by atoms with Crippen LogP contribution >= 0.6 is 0 Å². The van der Waals surface area contributed by atoms with E-state index in [1.165, 1.54) is 32.1 Å². The van der Waals surface area contributed by atoms with Crippen LogP contribution in [0, 0.1) is 35.0 Å². The maximum Gasteiger partial charge on any atom is 0.316 e. The minimum Gasteiger partial charge on any atom is -0.481 e. The normalized spacial score (nSPS) is 42.0. The lowest BCUT2D eigenvalue weighted by atomic mass is 9.49. The topological polar surface area (TPSA) is 54.4 Å². The van der Waals surface area contributed by atoms with Crippen LogP contribution in [0.25, 0.3) is 0 Å². The first-order valence-corrected chi connectivity index (χ1v) is 7.17. The lowest BCUT2D eigenvalue weighted by Gasteiger charge is -2.54. The van der Waals surface area contributed by atoms with E-state index in [2.05, 4.69) is 0 Å². The number of rotatable bonds is 3. The highest BCUT2D eigenvalue weighted by Gasteiger charge is 2.54. The molecule has 4 bridgehead atoms. The Bertz CT molecular complexity index is 369. The van der Waals surface area contributed by atoms with Crippen molar-refractivity contribution in [2.24, 2.45) is 35.0 Å². The molecule has 0 radical (unpaired) electrons. The molecular weight excluding hydrogens is 228 g/mol. The molecule has 1 N–H and O–H groups in total. The number of ketones is 1. The third-order valence-electron chi connectivity index (χ3n) is 5.68. The van der Waals surface area contributed by atoms with Crippen molar-refractivity contribution >= 4 is 11.8 Å². The summed E-state index contributed by atoms with van der Waals surface area (Å²) < 4.78 is 0. The average molecular weight is 250 g/mol. The zero-order valence-electron chi connectivity index (χ0n) is 11.2. The molecule has 0 aromatic carbocycles. The second kappa shape index (κ2) is 3.82. The summed E-state index contributed by atoms with van der Waals surface area (Å²) in [5, 5.41) is 9.25. The van der Waals surface area contributed by atoms with Crippen LogP contribution in [0.5, 0.6) is 0 Å². The van der Waals surface area contributed by atoms with E-state index in [9.17, 15) is 14.7 Å². The number of carboxylic acids is 1. The van der Waals surface area contributed by atoms with Gasteiger partial charge in [-0.3, -0.25) is 9.59 Å². The van der Waals surface area contributed by atoms with Crippen LogP contribution in [0.3, 0.4) is 0 Å². The monoisotopic (exact) mass is 250 g/mol. The fraction of sp³-hybridized carbons (Fsp3) is 0.867. The van der Waals surface area contributed by atoms with Gasteiger partial charge in [-0.15, -0.1) is 0 Å². The lowest BCUT2D eigenvalue weighted by Crippen LogP contribution is -2.52. The Kier molecular flexibility index (Phi) is 2.58. The van der Waals surface area contributed by atoms with Crippen LogP contribution in [0.4, 0.5) is 0 Å². The third kappa shape index (κ3) is 1.63. The molecule has 0 amide bonds. The molecule has 18 heavy (non-hydrogen) atoms. The van der Waals surface area contributed by atoms with Crippen molar-refractivity contribution in [3.63, 3.8) is 0 Å². The van der Waals surface area contributed by atoms with Crippen molar-refractivity contribution in [3.05, 3.63) is 0 Å². The molecular formula is C15H22O3. The average Bonchev–Trinajstić information content (AvgIpc) is 2.26. The molecule has 4 aliphatic rings. The van der Waals surface area contributed by atoms with Crippen molar-refractivity contribution in [3.8, 4) is 0 Å². The van der Waals surface area contributed by atoms with E-state index in [0.717, 1.165) is 11.8 Å². The zero-order chi connectivity index (χ0) is 13.1. The number of Topliss-reactive ketones (excluding diaryl/α,β-unsaturated/α-hetero) is 1. The van der Waals surface area contributed by atoms with Gasteiger partial charge in [0.05, 0.1) is 0 Å². The summed E-state index contributed by atoms with van der Waals surface area (Å²) in [5.41, 5.74) is -1.21. The summed E-state index contributed by atoms with van der Waals surface area (Å²) in [4.78, 5) is 23.9. The van der Waals surface area contributed by atoms with E-state index < -0.39 is 11.4 Å². The molecule has 0 aromatic heterocycles. The maximum absolute atomic E-state index is 12.6. The van der Waals surface area contributed by atoms with E-state index in [1.807, 2.05) is 0 Å². The van der Waals surface area contributed by atoms with Crippen LogP contribution < -0.4 is 0 Å². The van der Waals surface area contributed by atoms with E-state index in [4.69, 9.17) is 0 Å². The van der Waals surface area contributed by atoms with Gasteiger partial charge >= 0.3 is 5.97 Å². The first-order chi connectivity index (χ1) is 8.39. The van der Waals surface area contributed by atoms with Crippen LogP contribution in [-0.2, 0) is 9.59 Å². The molecule has 100 valence electrons. The second-order valence-corrected chi connectivity index (χ2v) is 7.25. The molecule has 4 aliphatic carbocycles. The summed E-state index contributed by atoms with van der Waals surface area (Å²) in [7, 11) is 0. The standard InChI is InChI=1S/C15H22O3/c1-15(2,14(17)18)13(16)12-10-4-8-3-9(6-10)7-11(12)5-8/h8-12H,3-7H2,1-2H3,(H,17,18). The van der Waals surface area contributed by atoms with Crippen molar-refractivity contribution in [1.29, 1.82) is 0 Å². The fourth-order valence-electron chi connectivity index (χ4n) is 4.88. The molecule has 0 unspecified atom stereocenters. The van der Waals surface area contributed by atoms with E-state index in [-0.39, 0.29) is 11.7 Å². The predicted octanol–water partition coefficient (Wildman–Crippen LogP) is 2.74. The van der Waals surface area contributed by atoms with E-state index in [0.29, 0.717) is 11.8 Å². The van der Waals surface area contributed by atoms with Gasteiger partial charge in [-0.1, -0.05) is 0 Å². The minimum atomic E-state index is -1.21. The number of hydrogen-bond acceptors (Lipinski definition) is 2. The summed E-state index contributed by atoms with van der Waals surface area (Å²) in [6, 6.07) is 0. The quantitative estimate of drug-likeness (QED) is 0.784. The molecule has 0 spiro atoms.